The molecule has 0 aromatic carbocycles. The van der Waals surface area contributed by atoms with E-state index in [1.54, 1.807) is 0 Å². The summed E-state index contributed by atoms with van der Waals surface area (Å²) < 4.78 is 53.4. The molecule has 1 aromatic heterocycles. The lowest BCUT2D eigenvalue weighted by Gasteiger charge is -2.17. The van der Waals surface area contributed by atoms with Crippen molar-refractivity contribution in [3.05, 3.63) is 24.0 Å². The maximum Gasteiger partial charge on any atom is 0.340 e. The Bertz CT molecular complexity index is 346. The molecule has 1 aromatic rings. The number of aromatic nitrogens is 1. The Labute approximate surface area is 89.2 Å². The highest BCUT2D eigenvalue weighted by Crippen LogP contribution is 2.25. The molecular weight excluding hydrogens is 228 g/mol. The third-order valence-corrected chi connectivity index (χ3v) is 1.82. The van der Waals surface area contributed by atoms with Gasteiger partial charge in [0.05, 0.1) is 0 Å². The summed E-state index contributed by atoms with van der Waals surface area (Å²) in [5.41, 5.74) is 5.68. The van der Waals surface area contributed by atoms with Gasteiger partial charge in [0, 0.05) is 24.5 Å². The molecule has 0 amide bonds. The van der Waals surface area contributed by atoms with Crippen LogP contribution in [0.4, 0.5) is 17.6 Å². The van der Waals surface area contributed by atoms with Gasteiger partial charge in [-0.2, -0.15) is 8.78 Å². The van der Waals surface area contributed by atoms with Gasteiger partial charge >= 0.3 is 12.3 Å². The fourth-order valence-electron chi connectivity index (χ4n) is 0.945. The van der Waals surface area contributed by atoms with Gasteiger partial charge in [-0.05, 0) is 6.07 Å². The summed E-state index contributed by atoms with van der Waals surface area (Å²) in [6.45, 7) is -1.36. The number of ether oxygens (including phenoxy) is 1. The van der Waals surface area contributed by atoms with E-state index in [1.807, 2.05) is 0 Å². The van der Waals surface area contributed by atoms with E-state index in [0.29, 0.717) is 5.56 Å². The van der Waals surface area contributed by atoms with Gasteiger partial charge in [0.1, 0.15) is 5.75 Å². The Kier molecular flexibility index (Phi) is 4.05. The van der Waals surface area contributed by atoms with Crippen LogP contribution in [0.1, 0.15) is 5.56 Å². The van der Waals surface area contributed by atoms with E-state index in [0.717, 1.165) is 0 Å². The quantitative estimate of drug-likeness (QED) is 0.796. The molecule has 0 saturated carbocycles. The van der Waals surface area contributed by atoms with Crippen LogP contribution in [-0.4, -0.2) is 23.9 Å². The maximum absolute atomic E-state index is 12.5. The van der Waals surface area contributed by atoms with E-state index >= 15 is 0 Å². The molecule has 0 aliphatic rings. The number of hydrogen-bond donors (Lipinski definition) is 1. The van der Waals surface area contributed by atoms with Crippen molar-refractivity contribution >= 4 is 0 Å². The Morgan fingerprint density at radius 3 is 2.69 bits per heavy atom. The van der Waals surface area contributed by atoms with Gasteiger partial charge in [-0.1, -0.05) is 0 Å². The smallest absolute Gasteiger partial charge is 0.340 e. The summed E-state index contributed by atoms with van der Waals surface area (Å²) in [6.07, 6.45) is -1.12. The van der Waals surface area contributed by atoms with E-state index in [4.69, 9.17) is 5.73 Å². The number of alkyl halides is 4. The zero-order valence-electron chi connectivity index (χ0n) is 8.17. The molecule has 0 aliphatic carbocycles. The number of halogens is 4. The standard InChI is InChI=1S/C9H10F4N2O/c10-8(11)9(12,13)5-16-7-1-2-15-4-6(7)3-14/h1-2,4,8H,3,5,14H2. The molecule has 0 unspecified atom stereocenters. The van der Waals surface area contributed by atoms with Gasteiger partial charge in [0.15, 0.2) is 6.61 Å². The molecule has 1 heterocycles. The summed E-state index contributed by atoms with van der Waals surface area (Å²) in [4.78, 5) is 3.70. The highest BCUT2D eigenvalue weighted by atomic mass is 19.3. The molecule has 90 valence electrons. The normalized spacial score (nSPS) is 11.9. The van der Waals surface area contributed by atoms with Crippen molar-refractivity contribution in [1.29, 1.82) is 0 Å². The van der Waals surface area contributed by atoms with Gasteiger partial charge in [0.25, 0.3) is 0 Å². The molecule has 3 nitrogen and oxygen atoms in total. The molecule has 0 atom stereocenters. The minimum Gasteiger partial charge on any atom is -0.487 e. The van der Waals surface area contributed by atoms with Gasteiger partial charge in [-0.15, -0.1) is 0 Å². The number of pyridine rings is 1. The number of nitrogens with zero attached hydrogens (tertiary/aromatic N) is 1. The average molecular weight is 238 g/mol. The van der Waals surface area contributed by atoms with Crippen molar-refractivity contribution < 1.29 is 22.3 Å². The van der Waals surface area contributed by atoms with Gasteiger partial charge < -0.3 is 10.5 Å². The van der Waals surface area contributed by atoms with Crippen LogP contribution in [0.3, 0.4) is 0 Å². The fraction of sp³-hybridized carbons (Fsp3) is 0.444. The van der Waals surface area contributed by atoms with Crippen molar-refractivity contribution in [3.63, 3.8) is 0 Å². The van der Waals surface area contributed by atoms with Crippen LogP contribution in [0.25, 0.3) is 0 Å². The minimum absolute atomic E-state index is 0.0312. The van der Waals surface area contributed by atoms with Crippen LogP contribution < -0.4 is 10.5 Å². The van der Waals surface area contributed by atoms with Crippen LogP contribution >= 0.6 is 0 Å². The summed E-state index contributed by atoms with van der Waals surface area (Å²) in [5, 5.41) is 0. The van der Waals surface area contributed by atoms with Gasteiger partial charge in [-0.3, -0.25) is 4.98 Å². The van der Waals surface area contributed by atoms with Crippen molar-refractivity contribution in [2.75, 3.05) is 6.61 Å². The second kappa shape index (κ2) is 5.11. The van der Waals surface area contributed by atoms with E-state index in [2.05, 4.69) is 9.72 Å². The highest BCUT2D eigenvalue weighted by Gasteiger charge is 2.41. The van der Waals surface area contributed by atoms with E-state index in [9.17, 15) is 17.6 Å². The predicted octanol–water partition coefficient (Wildman–Crippen LogP) is 1.82. The maximum atomic E-state index is 12.5. The summed E-state index contributed by atoms with van der Waals surface area (Å²) in [6, 6.07) is 1.30. The molecule has 16 heavy (non-hydrogen) atoms. The topological polar surface area (TPSA) is 48.1 Å². The lowest BCUT2D eigenvalue weighted by molar-refractivity contribution is -0.148. The second-order valence-corrected chi connectivity index (χ2v) is 3.04. The third-order valence-electron chi connectivity index (χ3n) is 1.82. The van der Waals surface area contributed by atoms with Gasteiger partial charge in [-0.25, -0.2) is 8.78 Å². The largest absolute Gasteiger partial charge is 0.487 e. The summed E-state index contributed by atoms with van der Waals surface area (Å²) in [7, 11) is 0. The van der Waals surface area contributed by atoms with Crippen molar-refractivity contribution in [1.82, 2.24) is 4.98 Å². The monoisotopic (exact) mass is 238 g/mol. The zero-order valence-corrected chi connectivity index (χ0v) is 8.17. The number of nitrogens with two attached hydrogens (primary N) is 1. The van der Waals surface area contributed by atoms with Gasteiger partial charge in [0.2, 0.25) is 0 Å². The minimum atomic E-state index is -4.17. The second-order valence-electron chi connectivity index (χ2n) is 3.04. The first-order chi connectivity index (χ1) is 7.47. The lowest BCUT2D eigenvalue weighted by atomic mass is 10.2. The number of rotatable bonds is 5. The molecular formula is C9H10F4N2O. The van der Waals surface area contributed by atoms with Crippen molar-refractivity contribution in [3.8, 4) is 5.75 Å². The Balaban J connectivity index is 2.67. The zero-order chi connectivity index (χ0) is 12.2. The third kappa shape index (κ3) is 3.06. The Morgan fingerprint density at radius 2 is 2.12 bits per heavy atom. The molecule has 2 N–H and O–H groups in total. The number of hydrogen-bond acceptors (Lipinski definition) is 3. The van der Waals surface area contributed by atoms with Crippen LogP contribution in [0, 0.1) is 0 Å². The van der Waals surface area contributed by atoms with E-state index in [1.165, 1.54) is 18.5 Å². The van der Waals surface area contributed by atoms with E-state index in [-0.39, 0.29) is 12.3 Å². The highest BCUT2D eigenvalue weighted by molar-refractivity contribution is 5.29. The molecule has 0 radical (unpaired) electrons. The summed E-state index contributed by atoms with van der Waals surface area (Å²) in [5.74, 6) is -4.13. The van der Waals surface area contributed by atoms with E-state index < -0.39 is 19.0 Å². The van der Waals surface area contributed by atoms with Crippen molar-refractivity contribution in [2.24, 2.45) is 5.73 Å². The molecule has 0 bridgehead atoms. The molecule has 1 rings (SSSR count). The first-order valence-corrected chi connectivity index (χ1v) is 4.39. The molecule has 0 saturated heterocycles. The predicted molar refractivity (Wildman–Crippen MR) is 48.6 cm³/mol. The Morgan fingerprint density at radius 1 is 1.44 bits per heavy atom. The lowest BCUT2D eigenvalue weighted by Crippen LogP contribution is -2.34. The van der Waals surface area contributed by atoms with Crippen LogP contribution in [0.2, 0.25) is 0 Å². The van der Waals surface area contributed by atoms with Crippen LogP contribution in [0.5, 0.6) is 5.75 Å². The SMILES string of the molecule is NCc1cnccc1OCC(F)(F)C(F)F. The van der Waals surface area contributed by atoms with Crippen molar-refractivity contribution in [2.45, 2.75) is 18.9 Å². The fourth-order valence-corrected chi connectivity index (χ4v) is 0.945. The molecule has 0 aliphatic heterocycles. The average Bonchev–Trinajstić information content (AvgIpc) is 2.26. The molecule has 7 heteroatoms. The first kappa shape index (κ1) is 12.7. The molecule has 0 fully saturated rings. The Hall–Kier alpha value is -1.37. The molecule has 0 spiro atoms. The first-order valence-electron chi connectivity index (χ1n) is 4.39. The van der Waals surface area contributed by atoms with Crippen LogP contribution in [-0.2, 0) is 6.54 Å². The summed E-state index contributed by atoms with van der Waals surface area (Å²) >= 11 is 0. The van der Waals surface area contributed by atoms with Crippen LogP contribution in [0.15, 0.2) is 18.5 Å².